The van der Waals surface area contributed by atoms with Gasteiger partial charge < -0.3 is 9.92 Å². The minimum Gasteiger partial charge on any atom is -0.334 e. The molecule has 2 rings (SSSR count). The molecule has 2 N–H and O–H groups in total. The van der Waals surface area contributed by atoms with Gasteiger partial charge >= 0.3 is 16.4 Å². The summed E-state index contributed by atoms with van der Waals surface area (Å²) in [7, 11) is -4.34. The van der Waals surface area contributed by atoms with Crippen LogP contribution in [0.25, 0.3) is 0 Å². The maximum atomic E-state index is 12.2. The van der Waals surface area contributed by atoms with Crippen molar-refractivity contribution in [1.29, 1.82) is 0 Å². The molecule has 0 spiro atoms. The molecule has 8 nitrogen and oxygen atoms in total. The van der Waals surface area contributed by atoms with Gasteiger partial charge in [0.15, 0.2) is 0 Å². The van der Waals surface area contributed by atoms with E-state index in [9.17, 15) is 13.2 Å². The molecular formula is C14H16N4O4S. The predicted molar refractivity (Wildman–Crippen MR) is 82.0 cm³/mol. The summed E-state index contributed by atoms with van der Waals surface area (Å²) in [5.41, 5.74) is 6.68. The van der Waals surface area contributed by atoms with Crippen LogP contribution in [0.2, 0.25) is 0 Å². The molecule has 0 aliphatic rings. The standard InChI is InChI=1S/C14H16N4O4S/c1-11-7-17-13(8-16-11)10-18(23(20,21)22-14(15)19)9-12-5-3-2-4-6-12/h2-8H,9-10H2,1H3,(H2,15,19). The largest absolute Gasteiger partial charge is 0.421 e. The van der Waals surface area contributed by atoms with Crippen molar-refractivity contribution in [3.8, 4) is 0 Å². The van der Waals surface area contributed by atoms with Crippen molar-refractivity contribution >= 4 is 16.4 Å². The van der Waals surface area contributed by atoms with Crippen LogP contribution < -0.4 is 5.73 Å². The van der Waals surface area contributed by atoms with Crippen LogP contribution in [0, 0.1) is 6.92 Å². The van der Waals surface area contributed by atoms with E-state index in [2.05, 4.69) is 14.2 Å². The summed E-state index contributed by atoms with van der Waals surface area (Å²) >= 11 is 0. The SMILES string of the molecule is Cc1cnc(CN(Cc2ccccc2)S(=O)(=O)OC(N)=O)cn1. The van der Waals surface area contributed by atoms with E-state index in [1.807, 2.05) is 6.07 Å². The van der Waals surface area contributed by atoms with Crippen molar-refractivity contribution < 1.29 is 17.4 Å². The molecule has 1 aromatic carbocycles. The Labute approximate surface area is 134 Å². The fraction of sp³-hybridized carbons (Fsp3) is 0.214. The van der Waals surface area contributed by atoms with E-state index in [1.165, 1.54) is 12.4 Å². The van der Waals surface area contributed by atoms with Crippen LogP contribution in [0.15, 0.2) is 42.7 Å². The van der Waals surface area contributed by atoms with Crippen LogP contribution in [0.5, 0.6) is 0 Å². The number of amides is 1. The van der Waals surface area contributed by atoms with Gasteiger partial charge in [0.25, 0.3) is 0 Å². The van der Waals surface area contributed by atoms with E-state index < -0.39 is 16.4 Å². The molecule has 0 saturated heterocycles. The van der Waals surface area contributed by atoms with Gasteiger partial charge in [-0.15, -0.1) is 0 Å². The van der Waals surface area contributed by atoms with E-state index in [0.29, 0.717) is 11.4 Å². The zero-order valence-electron chi connectivity index (χ0n) is 12.4. The first-order valence-corrected chi connectivity index (χ1v) is 8.04. The quantitative estimate of drug-likeness (QED) is 0.845. The number of benzene rings is 1. The van der Waals surface area contributed by atoms with Crippen LogP contribution in [-0.2, 0) is 27.6 Å². The Morgan fingerprint density at radius 1 is 1.17 bits per heavy atom. The third-order valence-electron chi connectivity index (χ3n) is 2.88. The van der Waals surface area contributed by atoms with E-state index in [1.54, 1.807) is 31.2 Å². The highest BCUT2D eigenvalue weighted by molar-refractivity contribution is 7.84. The maximum absolute atomic E-state index is 12.2. The van der Waals surface area contributed by atoms with Crippen LogP contribution >= 0.6 is 0 Å². The second-order valence-electron chi connectivity index (χ2n) is 4.76. The first kappa shape index (κ1) is 16.8. The summed E-state index contributed by atoms with van der Waals surface area (Å²) < 4.78 is 29.6. The molecule has 2 aromatic rings. The van der Waals surface area contributed by atoms with Crippen LogP contribution in [0.3, 0.4) is 0 Å². The molecule has 0 unspecified atom stereocenters. The molecule has 0 radical (unpaired) electrons. The lowest BCUT2D eigenvalue weighted by Crippen LogP contribution is -2.35. The van der Waals surface area contributed by atoms with Gasteiger partial charge in [-0.3, -0.25) is 9.97 Å². The number of nitrogens with zero attached hydrogens (tertiary/aromatic N) is 3. The minimum absolute atomic E-state index is 0.00596. The monoisotopic (exact) mass is 336 g/mol. The highest BCUT2D eigenvalue weighted by atomic mass is 32.2. The molecule has 0 aliphatic heterocycles. The van der Waals surface area contributed by atoms with Crippen molar-refractivity contribution in [3.05, 3.63) is 59.7 Å². The number of hydrogen-bond donors (Lipinski definition) is 1. The van der Waals surface area contributed by atoms with Gasteiger partial charge in [0.05, 0.1) is 24.1 Å². The highest BCUT2D eigenvalue weighted by Crippen LogP contribution is 2.14. The normalized spacial score (nSPS) is 11.4. The molecule has 1 amide bonds. The first-order valence-electron chi connectivity index (χ1n) is 6.67. The average molecular weight is 336 g/mol. The van der Waals surface area contributed by atoms with Crippen molar-refractivity contribution in [3.63, 3.8) is 0 Å². The predicted octanol–water partition coefficient (Wildman–Crippen LogP) is 1.13. The Morgan fingerprint density at radius 3 is 2.43 bits per heavy atom. The van der Waals surface area contributed by atoms with Gasteiger partial charge in [0.2, 0.25) is 0 Å². The van der Waals surface area contributed by atoms with Gasteiger partial charge in [0.1, 0.15) is 0 Å². The van der Waals surface area contributed by atoms with Crippen molar-refractivity contribution in [2.45, 2.75) is 20.0 Å². The third kappa shape index (κ3) is 5.01. The van der Waals surface area contributed by atoms with Gasteiger partial charge in [0, 0.05) is 12.7 Å². The molecule has 1 heterocycles. The summed E-state index contributed by atoms with van der Waals surface area (Å²) in [6.07, 6.45) is 1.60. The molecule has 9 heteroatoms. The summed E-state index contributed by atoms with van der Waals surface area (Å²) in [4.78, 5) is 19.0. The zero-order chi connectivity index (χ0) is 16.9. The number of primary amides is 1. The molecule has 0 bridgehead atoms. The molecule has 122 valence electrons. The number of carbonyl (C=O) groups excluding carboxylic acids is 1. The Hall–Kier alpha value is -2.52. The lowest BCUT2D eigenvalue weighted by Gasteiger charge is -2.20. The molecule has 0 aliphatic carbocycles. The third-order valence-corrected chi connectivity index (χ3v) is 4.14. The number of rotatable bonds is 6. The van der Waals surface area contributed by atoms with E-state index in [0.717, 1.165) is 9.87 Å². The lowest BCUT2D eigenvalue weighted by atomic mass is 10.2. The van der Waals surface area contributed by atoms with Gasteiger partial charge in [-0.25, -0.2) is 4.79 Å². The Bertz CT molecular complexity index is 763. The second-order valence-corrected chi connectivity index (χ2v) is 6.30. The smallest absolute Gasteiger partial charge is 0.334 e. The summed E-state index contributed by atoms with van der Waals surface area (Å²) in [5, 5.41) is 0. The number of carbonyl (C=O) groups is 1. The molecular weight excluding hydrogens is 320 g/mol. The number of hydrogen-bond acceptors (Lipinski definition) is 6. The molecule has 0 saturated carbocycles. The van der Waals surface area contributed by atoms with Gasteiger partial charge in [-0.2, -0.15) is 12.7 Å². The van der Waals surface area contributed by atoms with Crippen LogP contribution in [-0.4, -0.2) is 28.8 Å². The zero-order valence-corrected chi connectivity index (χ0v) is 13.2. The van der Waals surface area contributed by atoms with Crippen molar-refractivity contribution in [2.75, 3.05) is 0 Å². The number of aromatic nitrogens is 2. The van der Waals surface area contributed by atoms with Crippen LogP contribution in [0.1, 0.15) is 17.0 Å². The average Bonchev–Trinajstić information content (AvgIpc) is 2.48. The maximum Gasteiger partial charge on any atom is 0.421 e. The van der Waals surface area contributed by atoms with Crippen molar-refractivity contribution in [1.82, 2.24) is 14.3 Å². The molecule has 1 aromatic heterocycles. The van der Waals surface area contributed by atoms with Crippen LogP contribution in [0.4, 0.5) is 4.79 Å². The molecule has 23 heavy (non-hydrogen) atoms. The van der Waals surface area contributed by atoms with Crippen molar-refractivity contribution in [2.24, 2.45) is 5.73 Å². The fourth-order valence-corrected chi connectivity index (χ4v) is 2.75. The topological polar surface area (TPSA) is 115 Å². The Balaban J connectivity index is 2.27. The summed E-state index contributed by atoms with van der Waals surface area (Å²) in [5.74, 6) is 0. The number of aryl methyl sites for hydroxylation is 1. The summed E-state index contributed by atoms with van der Waals surface area (Å²) in [6.45, 7) is 1.68. The van der Waals surface area contributed by atoms with E-state index in [-0.39, 0.29) is 13.1 Å². The highest BCUT2D eigenvalue weighted by Gasteiger charge is 2.26. The lowest BCUT2D eigenvalue weighted by molar-refractivity contribution is 0.205. The fourth-order valence-electron chi connectivity index (χ4n) is 1.84. The Morgan fingerprint density at radius 2 is 1.87 bits per heavy atom. The Kier molecular flexibility index (Phi) is 5.24. The summed E-state index contributed by atoms with van der Waals surface area (Å²) in [6, 6.07) is 8.89. The number of nitrogens with two attached hydrogens (primary N) is 1. The van der Waals surface area contributed by atoms with Gasteiger partial charge in [-0.1, -0.05) is 30.3 Å². The van der Waals surface area contributed by atoms with E-state index in [4.69, 9.17) is 5.73 Å². The molecule has 0 fully saturated rings. The molecule has 0 atom stereocenters. The van der Waals surface area contributed by atoms with E-state index >= 15 is 0 Å². The minimum atomic E-state index is -4.34. The first-order chi connectivity index (χ1) is 10.9. The van der Waals surface area contributed by atoms with Gasteiger partial charge in [-0.05, 0) is 12.5 Å². The second kappa shape index (κ2) is 7.16.